The van der Waals surface area contributed by atoms with E-state index in [-0.39, 0.29) is 6.04 Å². The van der Waals surface area contributed by atoms with Crippen LogP contribution in [0.4, 0.5) is 17.5 Å². The van der Waals surface area contributed by atoms with Gasteiger partial charge in [-0.1, -0.05) is 30.3 Å². The van der Waals surface area contributed by atoms with Crippen LogP contribution in [0.1, 0.15) is 19.4 Å². The Morgan fingerprint density at radius 3 is 2.39 bits per heavy atom. The number of rotatable bonds is 8. The molecule has 0 radical (unpaired) electrons. The molecular weight excluding hydrogens is 352 g/mol. The van der Waals surface area contributed by atoms with E-state index < -0.39 is 0 Å². The lowest BCUT2D eigenvalue weighted by Gasteiger charge is -2.27. The fourth-order valence-corrected chi connectivity index (χ4v) is 2.88. The fraction of sp³-hybridized carbons (Fsp3) is 0.273. The molecule has 0 atom stereocenters. The smallest absolute Gasteiger partial charge is 0.227 e. The van der Waals surface area contributed by atoms with Gasteiger partial charge in [-0.2, -0.15) is 4.98 Å². The highest BCUT2D eigenvalue weighted by molar-refractivity contribution is 5.62. The van der Waals surface area contributed by atoms with Crippen LogP contribution in [-0.2, 0) is 6.54 Å². The second-order valence-electron chi connectivity index (χ2n) is 6.64. The molecule has 0 unspecified atom stereocenters. The Kier molecular flexibility index (Phi) is 6.32. The van der Waals surface area contributed by atoms with Gasteiger partial charge in [0.15, 0.2) is 11.5 Å². The van der Waals surface area contributed by atoms with Crippen molar-refractivity contribution in [1.29, 1.82) is 0 Å². The van der Waals surface area contributed by atoms with E-state index >= 15 is 0 Å². The molecule has 0 amide bonds. The van der Waals surface area contributed by atoms with Crippen LogP contribution in [0.3, 0.4) is 0 Å². The molecule has 0 saturated carbocycles. The fourth-order valence-electron chi connectivity index (χ4n) is 2.88. The van der Waals surface area contributed by atoms with Crippen LogP contribution >= 0.6 is 0 Å². The van der Waals surface area contributed by atoms with E-state index in [2.05, 4.69) is 41.2 Å². The zero-order valence-electron chi connectivity index (χ0n) is 16.7. The lowest BCUT2D eigenvalue weighted by molar-refractivity contribution is 0.355. The van der Waals surface area contributed by atoms with Crippen LogP contribution in [0.5, 0.6) is 11.5 Å². The number of nitrogens with one attached hydrogen (secondary N) is 1. The van der Waals surface area contributed by atoms with Gasteiger partial charge in [0.05, 0.1) is 14.2 Å². The van der Waals surface area contributed by atoms with E-state index in [0.29, 0.717) is 17.4 Å². The minimum absolute atomic E-state index is 0.261. The number of ether oxygens (including phenoxy) is 2. The first kappa shape index (κ1) is 19.5. The third-order valence-corrected chi connectivity index (χ3v) is 4.37. The largest absolute Gasteiger partial charge is 0.493 e. The van der Waals surface area contributed by atoms with Gasteiger partial charge in [0.25, 0.3) is 0 Å². The van der Waals surface area contributed by atoms with Gasteiger partial charge in [-0.15, -0.1) is 0 Å². The van der Waals surface area contributed by atoms with E-state index in [4.69, 9.17) is 14.5 Å². The van der Waals surface area contributed by atoms with Crippen molar-refractivity contribution in [2.45, 2.75) is 26.4 Å². The third-order valence-electron chi connectivity index (χ3n) is 4.37. The lowest BCUT2D eigenvalue weighted by Crippen LogP contribution is -2.31. The second kappa shape index (κ2) is 9.08. The monoisotopic (exact) mass is 378 g/mol. The molecule has 0 fully saturated rings. The molecule has 0 aliphatic rings. The molecule has 1 N–H and O–H groups in total. The standard InChI is InChI=1S/C22H26N4O2/c1-16(2)26(15-17-8-6-5-7-9-17)22-23-13-12-21(25-22)24-18-10-11-19(27-3)20(14-18)28-4/h5-14,16H,15H2,1-4H3,(H,23,24,25). The quantitative estimate of drug-likeness (QED) is 0.616. The number of anilines is 3. The Morgan fingerprint density at radius 1 is 0.964 bits per heavy atom. The number of methoxy groups -OCH3 is 2. The predicted molar refractivity (Wildman–Crippen MR) is 113 cm³/mol. The van der Waals surface area contributed by atoms with Gasteiger partial charge < -0.3 is 19.7 Å². The topological polar surface area (TPSA) is 59.5 Å². The van der Waals surface area contributed by atoms with Crippen molar-refractivity contribution in [2.24, 2.45) is 0 Å². The molecule has 0 aliphatic heterocycles. The summed E-state index contributed by atoms with van der Waals surface area (Å²) in [5, 5.41) is 3.31. The van der Waals surface area contributed by atoms with Gasteiger partial charge in [0, 0.05) is 30.5 Å². The third kappa shape index (κ3) is 4.71. The van der Waals surface area contributed by atoms with Crippen molar-refractivity contribution in [3.05, 3.63) is 66.4 Å². The number of benzene rings is 2. The Balaban J connectivity index is 1.82. The number of hydrogen-bond acceptors (Lipinski definition) is 6. The summed E-state index contributed by atoms with van der Waals surface area (Å²) in [6.45, 7) is 5.03. The van der Waals surface area contributed by atoms with Gasteiger partial charge in [-0.05, 0) is 37.6 Å². The molecular formula is C22H26N4O2. The summed E-state index contributed by atoms with van der Waals surface area (Å²) >= 11 is 0. The van der Waals surface area contributed by atoms with Crippen molar-refractivity contribution >= 4 is 17.5 Å². The first-order valence-electron chi connectivity index (χ1n) is 9.23. The SMILES string of the molecule is COc1ccc(Nc2ccnc(N(Cc3ccccc3)C(C)C)n2)cc1OC. The van der Waals surface area contributed by atoms with Gasteiger partial charge in [0.2, 0.25) is 5.95 Å². The van der Waals surface area contributed by atoms with Gasteiger partial charge in [-0.25, -0.2) is 4.98 Å². The highest BCUT2D eigenvalue weighted by Crippen LogP contribution is 2.31. The Morgan fingerprint density at radius 2 is 1.71 bits per heavy atom. The highest BCUT2D eigenvalue weighted by atomic mass is 16.5. The summed E-state index contributed by atoms with van der Waals surface area (Å²) in [6.07, 6.45) is 1.77. The molecule has 0 spiro atoms. The Bertz CT molecular complexity index is 900. The molecule has 6 nitrogen and oxygen atoms in total. The first-order chi connectivity index (χ1) is 13.6. The summed E-state index contributed by atoms with van der Waals surface area (Å²) in [6, 6.07) is 18.1. The maximum absolute atomic E-state index is 5.37. The van der Waals surface area contributed by atoms with E-state index in [1.807, 2.05) is 42.5 Å². The van der Waals surface area contributed by atoms with E-state index in [1.54, 1.807) is 20.4 Å². The minimum atomic E-state index is 0.261. The van der Waals surface area contributed by atoms with Crippen molar-refractivity contribution in [3.8, 4) is 11.5 Å². The minimum Gasteiger partial charge on any atom is -0.493 e. The molecule has 3 aromatic rings. The molecule has 146 valence electrons. The van der Waals surface area contributed by atoms with Crippen LogP contribution in [0, 0.1) is 0 Å². The summed E-state index contributed by atoms with van der Waals surface area (Å²) in [5.74, 6) is 2.75. The predicted octanol–water partition coefficient (Wildman–Crippen LogP) is 4.65. The zero-order valence-corrected chi connectivity index (χ0v) is 16.7. The van der Waals surface area contributed by atoms with Gasteiger partial charge >= 0.3 is 0 Å². The molecule has 3 rings (SSSR count). The number of aromatic nitrogens is 2. The number of nitrogens with zero attached hydrogens (tertiary/aromatic N) is 3. The molecule has 0 bridgehead atoms. The van der Waals surface area contributed by atoms with Crippen LogP contribution in [-0.4, -0.2) is 30.2 Å². The lowest BCUT2D eigenvalue weighted by atomic mass is 10.2. The zero-order chi connectivity index (χ0) is 19.9. The maximum Gasteiger partial charge on any atom is 0.227 e. The number of hydrogen-bond donors (Lipinski definition) is 1. The van der Waals surface area contributed by atoms with E-state index in [0.717, 1.165) is 18.1 Å². The summed E-state index contributed by atoms with van der Waals surface area (Å²) in [4.78, 5) is 11.4. The van der Waals surface area contributed by atoms with Crippen LogP contribution in [0.2, 0.25) is 0 Å². The average molecular weight is 378 g/mol. The molecule has 6 heteroatoms. The summed E-state index contributed by atoms with van der Waals surface area (Å²) in [5.41, 5.74) is 2.08. The van der Waals surface area contributed by atoms with Crippen molar-refractivity contribution < 1.29 is 9.47 Å². The molecule has 1 heterocycles. The molecule has 1 aromatic heterocycles. The van der Waals surface area contributed by atoms with Crippen molar-refractivity contribution in [2.75, 3.05) is 24.4 Å². The first-order valence-corrected chi connectivity index (χ1v) is 9.23. The van der Waals surface area contributed by atoms with E-state index in [1.165, 1.54) is 5.56 Å². The van der Waals surface area contributed by atoms with Crippen molar-refractivity contribution in [3.63, 3.8) is 0 Å². The molecule has 2 aromatic carbocycles. The molecule has 28 heavy (non-hydrogen) atoms. The Hall–Kier alpha value is -3.28. The maximum atomic E-state index is 5.37. The van der Waals surface area contributed by atoms with Crippen LogP contribution < -0.4 is 19.7 Å². The van der Waals surface area contributed by atoms with Crippen molar-refractivity contribution in [1.82, 2.24) is 9.97 Å². The summed E-state index contributed by atoms with van der Waals surface area (Å²) in [7, 11) is 3.24. The Labute approximate surface area is 166 Å². The van der Waals surface area contributed by atoms with Crippen LogP contribution in [0.25, 0.3) is 0 Å². The van der Waals surface area contributed by atoms with E-state index in [9.17, 15) is 0 Å². The van der Waals surface area contributed by atoms with Gasteiger partial charge in [0.1, 0.15) is 5.82 Å². The normalized spacial score (nSPS) is 10.6. The highest BCUT2D eigenvalue weighted by Gasteiger charge is 2.15. The van der Waals surface area contributed by atoms with Crippen LogP contribution in [0.15, 0.2) is 60.8 Å². The summed E-state index contributed by atoms with van der Waals surface area (Å²) < 4.78 is 10.7. The second-order valence-corrected chi connectivity index (χ2v) is 6.64. The van der Waals surface area contributed by atoms with Gasteiger partial charge in [-0.3, -0.25) is 0 Å². The molecule has 0 saturated heterocycles. The molecule has 0 aliphatic carbocycles. The average Bonchev–Trinajstić information content (AvgIpc) is 2.72.